The van der Waals surface area contributed by atoms with Gasteiger partial charge in [-0.25, -0.2) is 0 Å². The van der Waals surface area contributed by atoms with Gasteiger partial charge in [0, 0.05) is 18.8 Å². The van der Waals surface area contributed by atoms with Gasteiger partial charge in [-0.2, -0.15) is 0 Å². The van der Waals surface area contributed by atoms with Crippen molar-refractivity contribution in [3.05, 3.63) is 0 Å². The SMILES string of the molecule is CC1C(=O)CCCC1CCCC=O. The summed E-state index contributed by atoms with van der Waals surface area (Å²) in [7, 11) is 0. The van der Waals surface area contributed by atoms with Gasteiger partial charge in [-0.15, -0.1) is 0 Å². The zero-order valence-electron chi connectivity index (χ0n) is 8.29. The van der Waals surface area contributed by atoms with Gasteiger partial charge in [-0.3, -0.25) is 4.79 Å². The lowest BCUT2D eigenvalue weighted by Gasteiger charge is -2.27. The predicted octanol–water partition coefficient (Wildman–Crippen LogP) is 2.36. The molecule has 13 heavy (non-hydrogen) atoms. The molecule has 2 unspecified atom stereocenters. The van der Waals surface area contributed by atoms with Crippen LogP contribution in [-0.2, 0) is 9.59 Å². The number of rotatable bonds is 4. The van der Waals surface area contributed by atoms with E-state index in [0.717, 1.165) is 32.0 Å². The number of hydrogen-bond donors (Lipinski definition) is 0. The molecule has 0 N–H and O–H groups in total. The van der Waals surface area contributed by atoms with Crippen molar-refractivity contribution in [2.24, 2.45) is 11.8 Å². The highest BCUT2D eigenvalue weighted by Crippen LogP contribution is 2.30. The van der Waals surface area contributed by atoms with E-state index in [2.05, 4.69) is 0 Å². The summed E-state index contributed by atoms with van der Waals surface area (Å²) in [5.41, 5.74) is 0. The molecule has 74 valence electrons. The molecule has 1 aliphatic carbocycles. The molecule has 1 rings (SSSR count). The van der Waals surface area contributed by atoms with Gasteiger partial charge in [-0.05, 0) is 31.6 Å². The van der Waals surface area contributed by atoms with Crippen LogP contribution in [-0.4, -0.2) is 12.1 Å². The van der Waals surface area contributed by atoms with Gasteiger partial charge in [0.2, 0.25) is 0 Å². The van der Waals surface area contributed by atoms with Gasteiger partial charge >= 0.3 is 0 Å². The van der Waals surface area contributed by atoms with Crippen LogP contribution < -0.4 is 0 Å². The number of Topliss-reactive ketones (excluding diaryl/α,β-unsaturated/α-hetero) is 1. The van der Waals surface area contributed by atoms with Crippen molar-refractivity contribution in [2.45, 2.75) is 45.4 Å². The van der Waals surface area contributed by atoms with Gasteiger partial charge in [-0.1, -0.05) is 6.92 Å². The minimum Gasteiger partial charge on any atom is -0.303 e. The van der Waals surface area contributed by atoms with Crippen molar-refractivity contribution in [1.82, 2.24) is 0 Å². The highest BCUT2D eigenvalue weighted by atomic mass is 16.1. The van der Waals surface area contributed by atoms with E-state index in [4.69, 9.17) is 0 Å². The Balaban J connectivity index is 2.30. The van der Waals surface area contributed by atoms with E-state index in [1.807, 2.05) is 6.92 Å². The summed E-state index contributed by atoms with van der Waals surface area (Å²) in [5, 5.41) is 0. The van der Waals surface area contributed by atoms with Gasteiger partial charge in [0.05, 0.1) is 0 Å². The Kier molecular flexibility index (Phi) is 4.13. The minimum absolute atomic E-state index is 0.236. The lowest BCUT2D eigenvalue weighted by molar-refractivity contribution is -0.126. The van der Waals surface area contributed by atoms with Crippen LogP contribution in [0, 0.1) is 11.8 Å². The van der Waals surface area contributed by atoms with Crippen LogP contribution in [0.1, 0.15) is 45.4 Å². The monoisotopic (exact) mass is 182 g/mol. The minimum atomic E-state index is 0.236. The molecule has 1 aliphatic rings. The van der Waals surface area contributed by atoms with Crippen molar-refractivity contribution >= 4 is 12.1 Å². The second-order valence-electron chi connectivity index (χ2n) is 4.00. The van der Waals surface area contributed by atoms with Crippen LogP contribution in [0.3, 0.4) is 0 Å². The van der Waals surface area contributed by atoms with Crippen LogP contribution in [0.15, 0.2) is 0 Å². The van der Waals surface area contributed by atoms with Crippen LogP contribution in [0.4, 0.5) is 0 Å². The summed E-state index contributed by atoms with van der Waals surface area (Å²) in [4.78, 5) is 21.5. The summed E-state index contributed by atoms with van der Waals surface area (Å²) in [6, 6.07) is 0. The Labute approximate surface area is 79.7 Å². The molecule has 0 aromatic heterocycles. The fraction of sp³-hybridized carbons (Fsp3) is 0.818. The molecule has 0 amide bonds. The number of unbranched alkanes of at least 4 members (excludes halogenated alkanes) is 1. The summed E-state index contributed by atoms with van der Waals surface area (Å²) in [6.45, 7) is 2.03. The molecule has 1 saturated carbocycles. The van der Waals surface area contributed by atoms with Crippen molar-refractivity contribution < 1.29 is 9.59 Å². The van der Waals surface area contributed by atoms with E-state index >= 15 is 0 Å². The molecule has 0 bridgehead atoms. The second kappa shape index (κ2) is 5.15. The Morgan fingerprint density at radius 3 is 3.00 bits per heavy atom. The quantitative estimate of drug-likeness (QED) is 0.494. The maximum absolute atomic E-state index is 11.4. The molecule has 1 fully saturated rings. The highest BCUT2D eigenvalue weighted by Gasteiger charge is 2.27. The zero-order chi connectivity index (χ0) is 9.68. The third-order valence-electron chi connectivity index (χ3n) is 3.11. The largest absolute Gasteiger partial charge is 0.303 e. The molecule has 2 nitrogen and oxygen atoms in total. The molecular weight excluding hydrogens is 164 g/mol. The number of ketones is 1. The van der Waals surface area contributed by atoms with E-state index in [9.17, 15) is 9.59 Å². The van der Waals surface area contributed by atoms with Crippen molar-refractivity contribution in [3.63, 3.8) is 0 Å². The molecule has 0 heterocycles. The summed E-state index contributed by atoms with van der Waals surface area (Å²) < 4.78 is 0. The van der Waals surface area contributed by atoms with E-state index in [1.165, 1.54) is 6.42 Å². The van der Waals surface area contributed by atoms with Gasteiger partial charge < -0.3 is 4.79 Å². The first-order valence-electron chi connectivity index (χ1n) is 5.22. The maximum atomic E-state index is 11.4. The summed E-state index contributed by atoms with van der Waals surface area (Å²) >= 11 is 0. The summed E-state index contributed by atoms with van der Waals surface area (Å²) in [6.07, 6.45) is 6.61. The lowest BCUT2D eigenvalue weighted by Crippen LogP contribution is -2.25. The second-order valence-corrected chi connectivity index (χ2v) is 4.00. The third-order valence-corrected chi connectivity index (χ3v) is 3.11. The molecule has 2 heteroatoms. The van der Waals surface area contributed by atoms with Crippen LogP contribution >= 0.6 is 0 Å². The van der Waals surface area contributed by atoms with Crippen molar-refractivity contribution in [1.29, 1.82) is 0 Å². The average molecular weight is 182 g/mol. The van der Waals surface area contributed by atoms with Gasteiger partial charge in [0.25, 0.3) is 0 Å². The van der Waals surface area contributed by atoms with E-state index in [0.29, 0.717) is 18.1 Å². The topological polar surface area (TPSA) is 34.1 Å². The molecule has 0 aromatic rings. The average Bonchev–Trinajstić information content (AvgIpc) is 2.13. The molecule has 0 aromatic carbocycles. The smallest absolute Gasteiger partial charge is 0.135 e. The lowest BCUT2D eigenvalue weighted by atomic mass is 9.77. The normalized spacial score (nSPS) is 28.8. The number of carbonyl (C=O) groups is 2. The van der Waals surface area contributed by atoms with Crippen LogP contribution in [0.2, 0.25) is 0 Å². The maximum Gasteiger partial charge on any atom is 0.135 e. The van der Waals surface area contributed by atoms with Crippen LogP contribution in [0.5, 0.6) is 0 Å². The Hall–Kier alpha value is -0.660. The standard InChI is InChI=1S/C11H18O2/c1-9-10(5-2-3-8-12)6-4-7-11(9)13/h8-10H,2-7H2,1H3. The fourth-order valence-electron chi connectivity index (χ4n) is 2.14. The molecule has 0 aliphatic heterocycles. The Bertz CT molecular complexity index is 187. The molecule has 0 spiro atoms. The molecule has 0 saturated heterocycles. The Morgan fingerprint density at radius 2 is 2.31 bits per heavy atom. The Morgan fingerprint density at radius 1 is 1.54 bits per heavy atom. The molecule has 0 radical (unpaired) electrons. The predicted molar refractivity (Wildman–Crippen MR) is 51.4 cm³/mol. The van der Waals surface area contributed by atoms with Gasteiger partial charge in [0.15, 0.2) is 0 Å². The van der Waals surface area contributed by atoms with Crippen molar-refractivity contribution in [2.75, 3.05) is 0 Å². The van der Waals surface area contributed by atoms with E-state index < -0.39 is 0 Å². The first-order valence-corrected chi connectivity index (χ1v) is 5.22. The highest BCUT2D eigenvalue weighted by molar-refractivity contribution is 5.81. The van der Waals surface area contributed by atoms with Gasteiger partial charge in [0.1, 0.15) is 12.1 Å². The van der Waals surface area contributed by atoms with Crippen molar-refractivity contribution in [3.8, 4) is 0 Å². The fourth-order valence-corrected chi connectivity index (χ4v) is 2.14. The van der Waals surface area contributed by atoms with Crippen LogP contribution in [0.25, 0.3) is 0 Å². The first kappa shape index (κ1) is 10.4. The van der Waals surface area contributed by atoms with E-state index in [-0.39, 0.29) is 5.92 Å². The third kappa shape index (κ3) is 2.94. The number of aldehydes is 1. The van der Waals surface area contributed by atoms with E-state index in [1.54, 1.807) is 0 Å². The summed E-state index contributed by atoms with van der Waals surface area (Å²) in [5.74, 6) is 1.20. The number of hydrogen-bond acceptors (Lipinski definition) is 2. The number of carbonyl (C=O) groups excluding carboxylic acids is 2. The zero-order valence-corrected chi connectivity index (χ0v) is 8.29. The molecule has 2 atom stereocenters. The molecular formula is C11H18O2. The first-order chi connectivity index (χ1) is 6.25.